The highest BCUT2D eigenvalue weighted by Crippen LogP contribution is 2.27. The Hall–Kier alpha value is -2.42. The first-order valence-corrected chi connectivity index (χ1v) is 9.84. The summed E-state index contributed by atoms with van der Waals surface area (Å²) in [4.78, 5) is 18.7. The molecule has 27 heavy (non-hydrogen) atoms. The summed E-state index contributed by atoms with van der Waals surface area (Å²) in [5, 5.41) is 11.6. The Morgan fingerprint density at radius 1 is 1.33 bits per heavy atom. The highest BCUT2D eigenvalue weighted by atomic mass is 16.5. The molecule has 146 valence electrons. The first-order valence-electron chi connectivity index (χ1n) is 9.84. The topological polar surface area (TPSA) is 90.1 Å². The lowest BCUT2D eigenvalue weighted by Crippen LogP contribution is -2.44. The normalized spacial score (nSPS) is 21.4. The fourth-order valence-corrected chi connectivity index (χ4v) is 3.78. The van der Waals surface area contributed by atoms with E-state index in [2.05, 4.69) is 20.5 Å². The van der Waals surface area contributed by atoms with Gasteiger partial charge in [-0.3, -0.25) is 10.00 Å². The van der Waals surface area contributed by atoms with E-state index in [0.717, 1.165) is 24.9 Å². The van der Waals surface area contributed by atoms with Gasteiger partial charge in [-0.1, -0.05) is 19.3 Å². The average molecular weight is 373 g/mol. The third-order valence-electron chi connectivity index (χ3n) is 5.38. The van der Waals surface area contributed by atoms with Gasteiger partial charge in [-0.25, -0.2) is 14.5 Å². The highest BCUT2D eigenvalue weighted by molar-refractivity contribution is 5.87. The molecule has 0 spiro atoms. The molecule has 2 fully saturated rings. The van der Waals surface area contributed by atoms with Crippen LogP contribution in [-0.2, 0) is 11.3 Å². The number of carbonyl (C=O) groups is 1. The number of aromatic nitrogens is 5. The van der Waals surface area contributed by atoms with Crippen molar-refractivity contribution in [1.29, 1.82) is 0 Å². The van der Waals surface area contributed by atoms with Gasteiger partial charge in [0, 0.05) is 24.8 Å². The number of rotatable bonds is 4. The SMILES string of the molecule is CCn1cc(C2CN(C(=O)Nc3ncn(C4CCCCC4)n3)CCO2)cn1. The molecule has 0 aromatic carbocycles. The largest absolute Gasteiger partial charge is 0.370 e. The number of morpholine rings is 1. The summed E-state index contributed by atoms with van der Waals surface area (Å²) in [7, 11) is 0. The lowest BCUT2D eigenvalue weighted by Gasteiger charge is -2.32. The van der Waals surface area contributed by atoms with Crippen LogP contribution in [0.4, 0.5) is 10.7 Å². The van der Waals surface area contributed by atoms with Crippen LogP contribution in [0.2, 0.25) is 0 Å². The van der Waals surface area contributed by atoms with Crippen molar-refractivity contribution in [3.8, 4) is 0 Å². The minimum absolute atomic E-state index is 0.155. The molecule has 1 saturated carbocycles. The first-order chi connectivity index (χ1) is 13.2. The zero-order chi connectivity index (χ0) is 18.6. The van der Waals surface area contributed by atoms with Gasteiger partial charge in [0.2, 0.25) is 5.95 Å². The zero-order valence-corrected chi connectivity index (χ0v) is 15.8. The van der Waals surface area contributed by atoms with E-state index in [1.807, 2.05) is 28.7 Å². The van der Waals surface area contributed by atoms with Crippen LogP contribution in [0, 0.1) is 0 Å². The maximum absolute atomic E-state index is 12.6. The molecule has 0 radical (unpaired) electrons. The second-order valence-electron chi connectivity index (χ2n) is 7.20. The van der Waals surface area contributed by atoms with Crippen molar-refractivity contribution >= 4 is 12.0 Å². The lowest BCUT2D eigenvalue weighted by molar-refractivity contribution is -0.0135. The summed E-state index contributed by atoms with van der Waals surface area (Å²) in [6.45, 7) is 4.39. The molecular formula is C18H27N7O2. The van der Waals surface area contributed by atoms with Gasteiger partial charge in [0.05, 0.1) is 25.4 Å². The fourth-order valence-electron chi connectivity index (χ4n) is 3.78. The molecule has 9 heteroatoms. The van der Waals surface area contributed by atoms with Gasteiger partial charge in [0.1, 0.15) is 12.4 Å². The summed E-state index contributed by atoms with van der Waals surface area (Å²) >= 11 is 0. The molecule has 2 aromatic rings. The number of hydrogen-bond donors (Lipinski definition) is 1. The number of nitrogens with zero attached hydrogens (tertiary/aromatic N) is 6. The second-order valence-corrected chi connectivity index (χ2v) is 7.20. The van der Waals surface area contributed by atoms with Crippen LogP contribution < -0.4 is 5.32 Å². The van der Waals surface area contributed by atoms with Crippen molar-refractivity contribution in [2.45, 2.75) is 57.7 Å². The molecular weight excluding hydrogens is 346 g/mol. The number of urea groups is 1. The van der Waals surface area contributed by atoms with Gasteiger partial charge < -0.3 is 9.64 Å². The van der Waals surface area contributed by atoms with Gasteiger partial charge >= 0.3 is 6.03 Å². The van der Waals surface area contributed by atoms with Crippen molar-refractivity contribution in [2.75, 3.05) is 25.0 Å². The molecule has 1 atom stereocenters. The van der Waals surface area contributed by atoms with Crippen LogP contribution in [0.25, 0.3) is 0 Å². The maximum atomic E-state index is 12.6. The predicted octanol–water partition coefficient (Wildman–Crippen LogP) is 2.61. The van der Waals surface area contributed by atoms with Crippen molar-refractivity contribution in [1.82, 2.24) is 29.4 Å². The van der Waals surface area contributed by atoms with E-state index >= 15 is 0 Å². The minimum atomic E-state index is -0.187. The monoisotopic (exact) mass is 373 g/mol. The van der Waals surface area contributed by atoms with E-state index in [9.17, 15) is 4.79 Å². The Morgan fingerprint density at radius 2 is 2.19 bits per heavy atom. The summed E-state index contributed by atoms with van der Waals surface area (Å²) in [5.74, 6) is 0.368. The van der Waals surface area contributed by atoms with Crippen molar-refractivity contribution in [2.24, 2.45) is 0 Å². The third kappa shape index (κ3) is 4.13. The zero-order valence-electron chi connectivity index (χ0n) is 15.8. The number of amides is 2. The standard InChI is InChI=1S/C18H27N7O2/c1-2-24-11-14(10-20-24)16-12-23(8-9-27-16)18(26)21-17-19-13-25(22-17)15-6-4-3-5-7-15/h10-11,13,15-16H,2-9,12H2,1H3,(H,21,22,26). The lowest BCUT2D eigenvalue weighted by atomic mass is 9.96. The van der Waals surface area contributed by atoms with Crippen LogP contribution in [0.5, 0.6) is 0 Å². The van der Waals surface area contributed by atoms with Crippen LogP contribution in [-0.4, -0.2) is 55.2 Å². The second kappa shape index (κ2) is 8.08. The Morgan fingerprint density at radius 3 is 2.96 bits per heavy atom. The van der Waals surface area contributed by atoms with E-state index in [4.69, 9.17) is 4.74 Å². The Kier molecular flexibility index (Phi) is 5.38. The highest BCUT2D eigenvalue weighted by Gasteiger charge is 2.27. The van der Waals surface area contributed by atoms with Crippen LogP contribution in [0.1, 0.15) is 56.7 Å². The van der Waals surface area contributed by atoms with Crippen molar-refractivity contribution in [3.63, 3.8) is 0 Å². The van der Waals surface area contributed by atoms with Gasteiger partial charge in [-0.2, -0.15) is 5.10 Å². The number of anilines is 1. The van der Waals surface area contributed by atoms with Crippen LogP contribution in [0.15, 0.2) is 18.7 Å². The molecule has 2 aromatic heterocycles. The van der Waals surface area contributed by atoms with E-state index in [1.54, 1.807) is 11.2 Å². The van der Waals surface area contributed by atoms with Crippen molar-refractivity contribution < 1.29 is 9.53 Å². The number of hydrogen-bond acceptors (Lipinski definition) is 5. The van der Waals surface area contributed by atoms with E-state index in [-0.39, 0.29) is 12.1 Å². The summed E-state index contributed by atoms with van der Waals surface area (Å²) in [6.07, 6.45) is 11.4. The molecule has 1 saturated heterocycles. The summed E-state index contributed by atoms with van der Waals surface area (Å²) < 4.78 is 9.59. The average Bonchev–Trinajstić information content (AvgIpc) is 3.38. The Bertz CT molecular complexity index is 765. The molecule has 4 rings (SSSR count). The van der Waals surface area contributed by atoms with Crippen LogP contribution >= 0.6 is 0 Å². The minimum Gasteiger partial charge on any atom is -0.370 e. The molecule has 3 heterocycles. The maximum Gasteiger partial charge on any atom is 0.324 e. The molecule has 1 unspecified atom stereocenters. The molecule has 1 N–H and O–H groups in total. The number of aryl methyl sites for hydroxylation is 1. The van der Waals surface area contributed by atoms with Gasteiger partial charge in [0.25, 0.3) is 0 Å². The van der Waals surface area contributed by atoms with Crippen LogP contribution in [0.3, 0.4) is 0 Å². The molecule has 0 bridgehead atoms. The predicted molar refractivity (Wildman–Crippen MR) is 99.3 cm³/mol. The van der Waals surface area contributed by atoms with Gasteiger partial charge in [0.15, 0.2) is 0 Å². The third-order valence-corrected chi connectivity index (χ3v) is 5.38. The molecule has 2 aliphatic rings. The summed E-state index contributed by atoms with van der Waals surface area (Å²) in [5.41, 5.74) is 0.994. The van der Waals surface area contributed by atoms with Gasteiger partial charge in [-0.05, 0) is 19.8 Å². The van der Waals surface area contributed by atoms with Gasteiger partial charge in [-0.15, -0.1) is 5.10 Å². The molecule has 1 aliphatic carbocycles. The van der Waals surface area contributed by atoms with Crippen molar-refractivity contribution in [3.05, 3.63) is 24.3 Å². The number of nitrogens with one attached hydrogen (secondary N) is 1. The van der Waals surface area contributed by atoms with E-state index < -0.39 is 0 Å². The number of ether oxygens (including phenoxy) is 1. The Labute approximate surface area is 158 Å². The Balaban J connectivity index is 1.35. The fraction of sp³-hybridized carbons (Fsp3) is 0.667. The number of carbonyl (C=O) groups excluding carboxylic acids is 1. The first kappa shape index (κ1) is 18.0. The van der Waals surface area contributed by atoms with E-state index in [0.29, 0.717) is 31.7 Å². The quantitative estimate of drug-likeness (QED) is 0.890. The summed E-state index contributed by atoms with van der Waals surface area (Å²) in [6, 6.07) is 0.215. The molecule has 1 aliphatic heterocycles. The molecule has 2 amide bonds. The smallest absolute Gasteiger partial charge is 0.324 e. The van der Waals surface area contributed by atoms with E-state index in [1.165, 1.54) is 19.3 Å². The molecule has 9 nitrogen and oxygen atoms in total.